The number of amides is 1. The quantitative estimate of drug-likeness (QED) is 0.681. The highest BCUT2D eigenvalue weighted by Crippen LogP contribution is 2.22. The van der Waals surface area contributed by atoms with Gasteiger partial charge in [-0.1, -0.05) is 11.6 Å². The van der Waals surface area contributed by atoms with Gasteiger partial charge in [-0.05, 0) is 13.0 Å². The Morgan fingerprint density at radius 1 is 1.53 bits per heavy atom. The highest BCUT2D eigenvalue weighted by molar-refractivity contribution is 6.31. The number of nitro benzene ring substituents is 1. The Kier molecular flexibility index (Phi) is 6.75. The molecule has 1 rings (SSSR count). The van der Waals surface area contributed by atoms with E-state index in [4.69, 9.17) is 17.3 Å². The van der Waals surface area contributed by atoms with Crippen LogP contribution in [0, 0.1) is 10.1 Å². The van der Waals surface area contributed by atoms with Gasteiger partial charge in [-0.2, -0.15) is 0 Å². The standard InChI is InChI=1S/C11H14ClN3O3.ClH/c1-7(6-13)14(2)11(16)8-3-9(12)5-10(4-8)15(17)18;/h3-5,7H,6,13H2,1-2H3;1H. The Labute approximate surface area is 122 Å². The van der Waals surface area contributed by atoms with Gasteiger partial charge in [0.1, 0.15) is 0 Å². The van der Waals surface area contributed by atoms with Crippen molar-refractivity contribution in [1.82, 2.24) is 4.90 Å². The lowest BCUT2D eigenvalue weighted by molar-refractivity contribution is -0.384. The predicted octanol–water partition coefficient (Wildman–Crippen LogP) is 2.09. The second kappa shape index (κ2) is 7.28. The van der Waals surface area contributed by atoms with Crippen molar-refractivity contribution in [2.75, 3.05) is 13.6 Å². The van der Waals surface area contributed by atoms with Crippen molar-refractivity contribution in [3.05, 3.63) is 38.9 Å². The van der Waals surface area contributed by atoms with E-state index in [9.17, 15) is 14.9 Å². The molecule has 1 unspecified atom stereocenters. The number of non-ortho nitro benzene ring substituents is 1. The van der Waals surface area contributed by atoms with Crippen molar-refractivity contribution in [2.24, 2.45) is 5.73 Å². The van der Waals surface area contributed by atoms with Gasteiger partial charge in [-0.15, -0.1) is 12.4 Å². The lowest BCUT2D eigenvalue weighted by atomic mass is 10.1. The third-order valence-electron chi connectivity index (χ3n) is 2.66. The zero-order valence-corrected chi connectivity index (χ0v) is 12.1. The highest BCUT2D eigenvalue weighted by Gasteiger charge is 2.19. The Morgan fingerprint density at radius 2 is 2.11 bits per heavy atom. The number of likely N-dealkylation sites (N-methyl/N-ethyl adjacent to an activating group) is 1. The SMILES string of the molecule is CC(CN)N(C)C(=O)c1cc(Cl)cc([N+](=O)[O-])c1.Cl. The van der Waals surface area contributed by atoms with Crippen molar-refractivity contribution >= 4 is 35.6 Å². The van der Waals surface area contributed by atoms with Gasteiger partial charge in [0, 0.05) is 42.4 Å². The van der Waals surface area contributed by atoms with Crippen LogP contribution < -0.4 is 5.73 Å². The van der Waals surface area contributed by atoms with E-state index >= 15 is 0 Å². The molecule has 0 saturated heterocycles. The van der Waals surface area contributed by atoms with Gasteiger partial charge in [-0.25, -0.2) is 0 Å². The average molecular weight is 308 g/mol. The maximum atomic E-state index is 12.1. The fourth-order valence-electron chi connectivity index (χ4n) is 1.36. The molecule has 0 aliphatic rings. The van der Waals surface area contributed by atoms with E-state index < -0.39 is 4.92 Å². The summed E-state index contributed by atoms with van der Waals surface area (Å²) in [5.74, 6) is -0.349. The number of nitrogens with two attached hydrogens (primary N) is 1. The molecule has 0 aliphatic heterocycles. The second-order valence-corrected chi connectivity index (χ2v) is 4.39. The van der Waals surface area contributed by atoms with Gasteiger partial charge in [0.15, 0.2) is 0 Å². The summed E-state index contributed by atoms with van der Waals surface area (Å²) < 4.78 is 0. The van der Waals surface area contributed by atoms with E-state index in [2.05, 4.69) is 0 Å². The summed E-state index contributed by atoms with van der Waals surface area (Å²) in [5, 5.41) is 10.8. The Bertz CT molecular complexity index is 482. The number of nitrogens with zero attached hydrogens (tertiary/aromatic N) is 2. The zero-order chi connectivity index (χ0) is 13.9. The Morgan fingerprint density at radius 3 is 2.58 bits per heavy atom. The van der Waals surface area contributed by atoms with E-state index in [1.807, 2.05) is 0 Å². The van der Waals surface area contributed by atoms with E-state index in [1.54, 1.807) is 14.0 Å². The van der Waals surface area contributed by atoms with Crippen molar-refractivity contribution < 1.29 is 9.72 Å². The van der Waals surface area contributed by atoms with Crippen LogP contribution in [0.3, 0.4) is 0 Å². The zero-order valence-electron chi connectivity index (χ0n) is 10.5. The molecule has 106 valence electrons. The third-order valence-corrected chi connectivity index (χ3v) is 2.88. The summed E-state index contributed by atoms with van der Waals surface area (Å²) in [5.41, 5.74) is 5.44. The molecule has 0 bridgehead atoms. The lowest BCUT2D eigenvalue weighted by Gasteiger charge is -2.23. The summed E-state index contributed by atoms with van der Waals surface area (Å²) in [6, 6.07) is 3.64. The molecule has 6 nitrogen and oxygen atoms in total. The van der Waals surface area contributed by atoms with Crippen LogP contribution in [-0.2, 0) is 0 Å². The first kappa shape index (κ1) is 17.6. The number of hydrogen-bond acceptors (Lipinski definition) is 4. The fourth-order valence-corrected chi connectivity index (χ4v) is 1.59. The topological polar surface area (TPSA) is 89.5 Å². The largest absolute Gasteiger partial charge is 0.338 e. The monoisotopic (exact) mass is 307 g/mol. The normalized spacial score (nSPS) is 11.4. The second-order valence-electron chi connectivity index (χ2n) is 3.96. The summed E-state index contributed by atoms with van der Waals surface area (Å²) in [7, 11) is 1.59. The minimum atomic E-state index is -0.588. The molecule has 0 aliphatic carbocycles. The smallest absolute Gasteiger partial charge is 0.271 e. The molecule has 0 fully saturated rings. The van der Waals surface area contributed by atoms with Gasteiger partial charge >= 0.3 is 0 Å². The van der Waals surface area contributed by atoms with Gasteiger partial charge < -0.3 is 10.6 Å². The molecule has 1 aromatic rings. The molecule has 0 heterocycles. The molecule has 2 N–H and O–H groups in total. The number of benzene rings is 1. The molecular weight excluding hydrogens is 293 g/mol. The van der Waals surface area contributed by atoms with E-state index in [-0.39, 0.29) is 40.6 Å². The van der Waals surface area contributed by atoms with Crippen molar-refractivity contribution in [3.63, 3.8) is 0 Å². The van der Waals surface area contributed by atoms with E-state index in [1.165, 1.54) is 23.1 Å². The van der Waals surface area contributed by atoms with Crippen LogP contribution in [0.4, 0.5) is 5.69 Å². The predicted molar refractivity (Wildman–Crippen MR) is 76.0 cm³/mol. The molecule has 1 atom stereocenters. The number of carbonyl (C=O) groups excluding carboxylic acids is 1. The molecule has 1 aromatic carbocycles. The number of nitro groups is 1. The van der Waals surface area contributed by atoms with Crippen molar-refractivity contribution in [1.29, 1.82) is 0 Å². The maximum Gasteiger partial charge on any atom is 0.271 e. The maximum absolute atomic E-state index is 12.1. The summed E-state index contributed by atoms with van der Waals surface area (Å²) in [4.78, 5) is 23.6. The number of rotatable bonds is 4. The molecule has 19 heavy (non-hydrogen) atoms. The molecule has 8 heteroatoms. The Balaban J connectivity index is 0.00000324. The molecule has 0 aromatic heterocycles. The molecule has 1 amide bonds. The molecule has 0 radical (unpaired) electrons. The van der Waals surface area contributed by atoms with E-state index in [0.29, 0.717) is 6.54 Å². The van der Waals surface area contributed by atoms with Crippen molar-refractivity contribution in [3.8, 4) is 0 Å². The van der Waals surface area contributed by atoms with Gasteiger partial charge in [0.25, 0.3) is 11.6 Å². The van der Waals surface area contributed by atoms with Crippen LogP contribution in [0.25, 0.3) is 0 Å². The highest BCUT2D eigenvalue weighted by atomic mass is 35.5. The molecular formula is C11H15Cl2N3O3. The van der Waals surface area contributed by atoms with Crippen LogP contribution in [0.15, 0.2) is 18.2 Å². The Hall–Kier alpha value is -1.37. The van der Waals surface area contributed by atoms with Crippen LogP contribution in [0.1, 0.15) is 17.3 Å². The van der Waals surface area contributed by atoms with Crippen LogP contribution in [0.5, 0.6) is 0 Å². The minimum absolute atomic E-state index is 0. The average Bonchev–Trinajstić information content (AvgIpc) is 2.35. The summed E-state index contributed by atoms with van der Waals surface area (Å²) >= 11 is 5.76. The lowest BCUT2D eigenvalue weighted by Crippen LogP contribution is -2.39. The van der Waals surface area contributed by atoms with E-state index in [0.717, 1.165) is 0 Å². The molecule has 0 saturated carbocycles. The van der Waals surface area contributed by atoms with Crippen LogP contribution in [-0.4, -0.2) is 35.4 Å². The van der Waals surface area contributed by atoms with Gasteiger partial charge in [-0.3, -0.25) is 14.9 Å². The number of halogens is 2. The number of carbonyl (C=O) groups is 1. The van der Waals surface area contributed by atoms with Crippen LogP contribution >= 0.6 is 24.0 Å². The number of hydrogen-bond donors (Lipinski definition) is 1. The van der Waals surface area contributed by atoms with Gasteiger partial charge in [0.05, 0.1) is 4.92 Å². The first-order valence-corrected chi connectivity index (χ1v) is 5.66. The summed E-state index contributed by atoms with van der Waals surface area (Å²) in [6.07, 6.45) is 0. The summed E-state index contributed by atoms with van der Waals surface area (Å²) in [6.45, 7) is 2.10. The van der Waals surface area contributed by atoms with Gasteiger partial charge in [0.2, 0.25) is 0 Å². The first-order valence-electron chi connectivity index (χ1n) is 5.29. The molecule has 0 spiro atoms. The van der Waals surface area contributed by atoms with Crippen molar-refractivity contribution in [2.45, 2.75) is 13.0 Å². The third kappa shape index (κ3) is 4.34. The first-order chi connectivity index (χ1) is 8.36. The minimum Gasteiger partial charge on any atom is -0.338 e. The van der Waals surface area contributed by atoms with Crippen LogP contribution in [0.2, 0.25) is 5.02 Å². The fraction of sp³-hybridized carbons (Fsp3) is 0.364.